The van der Waals surface area contributed by atoms with E-state index in [9.17, 15) is 15.2 Å². The molecule has 0 saturated carbocycles. The van der Waals surface area contributed by atoms with E-state index in [1.807, 2.05) is 31.2 Å². The second-order valence-corrected chi connectivity index (χ2v) is 5.96. The summed E-state index contributed by atoms with van der Waals surface area (Å²) in [5, 5.41) is 23.8. The van der Waals surface area contributed by atoms with Gasteiger partial charge in [0.25, 0.3) is 0 Å². The minimum atomic E-state index is -1.59. The van der Waals surface area contributed by atoms with E-state index in [4.69, 9.17) is 0 Å². The number of nitrogens with zero attached hydrogens (tertiary/aromatic N) is 2. The van der Waals surface area contributed by atoms with Crippen molar-refractivity contribution in [1.82, 2.24) is 5.06 Å². The Balaban J connectivity index is 2.68. The Bertz CT molecular complexity index is 590. The van der Waals surface area contributed by atoms with E-state index < -0.39 is 17.0 Å². The highest BCUT2D eigenvalue weighted by Crippen LogP contribution is 2.35. The van der Waals surface area contributed by atoms with Crippen molar-refractivity contribution < 1.29 is 14.7 Å². The highest BCUT2D eigenvalue weighted by Gasteiger charge is 2.62. The zero-order valence-electron chi connectivity index (χ0n) is 12.5. The molecule has 0 spiro atoms. The summed E-state index contributed by atoms with van der Waals surface area (Å²) in [6, 6.07) is 7.46. The molecule has 1 heterocycles. The Labute approximate surface area is 118 Å². The first-order chi connectivity index (χ1) is 9.13. The lowest BCUT2D eigenvalue weighted by Crippen LogP contribution is -2.57. The number of aryl methyl sites for hydroxylation is 1. The Morgan fingerprint density at radius 1 is 1.25 bits per heavy atom. The molecule has 5 nitrogen and oxygen atoms in total. The molecule has 0 unspecified atom stereocenters. The first-order valence-electron chi connectivity index (χ1n) is 6.55. The summed E-state index contributed by atoms with van der Waals surface area (Å²) >= 11 is 0. The molecule has 1 atom stereocenters. The third kappa shape index (κ3) is 1.77. The Morgan fingerprint density at radius 2 is 1.75 bits per heavy atom. The maximum Gasteiger partial charge on any atom is 0.307 e. The molecular weight excluding hydrogens is 256 g/mol. The summed E-state index contributed by atoms with van der Waals surface area (Å²) < 4.78 is 0.625. The molecule has 0 saturated heterocycles. The van der Waals surface area contributed by atoms with Gasteiger partial charge in [-0.3, -0.25) is 4.79 Å². The third-order valence-electron chi connectivity index (χ3n) is 4.11. The fourth-order valence-corrected chi connectivity index (χ4v) is 2.67. The van der Waals surface area contributed by atoms with Crippen molar-refractivity contribution >= 4 is 11.5 Å². The molecule has 1 aromatic carbocycles. The molecule has 0 bridgehead atoms. The van der Waals surface area contributed by atoms with Gasteiger partial charge in [-0.25, -0.2) is 0 Å². The molecule has 1 aliphatic heterocycles. The lowest BCUT2D eigenvalue weighted by atomic mass is 9.92. The second kappa shape index (κ2) is 4.40. The molecule has 0 radical (unpaired) electrons. The van der Waals surface area contributed by atoms with Crippen molar-refractivity contribution in [2.24, 2.45) is 0 Å². The largest absolute Gasteiger partial charge is 0.622 e. The monoisotopic (exact) mass is 276 g/mol. The molecule has 20 heavy (non-hydrogen) atoms. The van der Waals surface area contributed by atoms with Gasteiger partial charge in [0, 0.05) is 19.4 Å². The van der Waals surface area contributed by atoms with E-state index >= 15 is 0 Å². The van der Waals surface area contributed by atoms with Crippen molar-refractivity contribution in [1.29, 1.82) is 0 Å². The SMILES string of the molecule is CC(=O)[C@]1(C)N(O)C(C)(C)C(c2ccc(C)cc2)=[N+]1[O-]. The van der Waals surface area contributed by atoms with Crippen LogP contribution in [-0.2, 0) is 4.79 Å². The number of hydrogen-bond acceptors (Lipinski definition) is 4. The minimum absolute atomic E-state index is 0.387. The fraction of sp³-hybridized carbons (Fsp3) is 0.467. The summed E-state index contributed by atoms with van der Waals surface area (Å²) in [7, 11) is 0. The van der Waals surface area contributed by atoms with Crippen LogP contribution in [0, 0.1) is 12.1 Å². The third-order valence-corrected chi connectivity index (χ3v) is 4.11. The lowest BCUT2D eigenvalue weighted by molar-refractivity contribution is -0.565. The van der Waals surface area contributed by atoms with Crippen LogP contribution in [0.1, 0.15) is 38.8 Å². The van der Waals surface area contributed by atoms with E-state index in [-0.39, 0.29) is 0 Å². The first-order valence-corrected chi connectivity index (χ1v) is 6.55. The van der Waals surface area contributed by atoms with Gasteiger partial charge >= 0.3 is 5.66 Å². The standard InChI is InChI=1S/C15H20N2O3/c1-10-6-8-12(9-7-10)13-14(3,4)17(20)15(5,11(2)18)16(13)19/h6-9,20H,1-5H3/t15-/m0/s1. The van der Waals surface area contributed by atoms with Crippen LogP contribution in [0.15, 0.2) is 24.3 Å². The van der Waals surface area contributed by atoms with Crippen LogP contribution in [0.2, 0.25) is 0 Å². The lowest BCUT2D eigenvalue weighted by Gasteiger charge is -2.30. The van der Waals surface area contributed by atoms with Crippen LogP contribution in [-0.4, -0.2) is 37.7 Å². The van der Waals surface area contributed by atoms with E-state index in [0.29, 0.717) is 16.0 Å². The highest BCUT2D eigenvalue weighted by atomic mass is 16.6. The summed E-state index contributed by atoms with van der Waals surface area (Å²) in [5.74, 6) is -0.398. The normalized spacial score (nSPS) is 26.1. The molecule has 108 valence electrons. The van der Waals surface area contributed by atoms with Gasteiger partial charge in [-0.2, -0.15) is 4.74 Å². The molecule has 0 aliphatic carbocycles. The molecule has 0 fully saturated rings. The highest BCUT2D eigenvalue weighted by molar-refractivity contribution is 6.06. The van der Waals surface area contributed by atoms with Crippen molar-refractivity contribution in [3.8, 4) is 0 Å². The van der Waals surface area contributed by atoms with E-state index in [2.05, 4.69) is 0 Å². The summed E-state index contributed by atoms with van der Waals surface area (Å²) in [5.41, 5.74) is -0.364. The first kappa shape index (κ1) is 14.7. The number of Topliss-reactive ketones (excluding diaryl/α,β-unsaturated/α-hetero) is 1. The molecule has 0 aromatic heterocycles. The average molecular weight is 276 g/mol. The molecule has 1 aromatic rings. The number of hydroxylamine groups is 3. The van der Waals surface area contributed by atoms with Crippen LogP contribution < -0.4 is 0 Å². The molecular formula is C15H20N2O3. The maximum atomic E-state index is 12.6. The van der Waals surface area contributed by atoms with Gasteiger partial charge in [-0.15, -0.1) is 5.06 Å². The van der Waals surface area contributed by atoms with Gasteiger partial charge in [-0.1, -0.05) is 17.7 Å². The zero-order valence-corrected chi connectivity index (χ0v) is 12.5. The summed E-state index contributed by atoms with van der Waals surface area (Å²) in [6.07, 6.45) is 0. The second-order valence-electron chi connectivity index (χ2n) is 5.96. The predicted molar refractivity (Wildman–Crippen MR) is 75.7 cm³/mol. The maximum absolute atomic E-state index is 12.6. The van der Waals surface area contributed by atoms with E-state index in [1.54, 1.807) is 13.8 Å². The Morgan fingerprint density at radius 3 is 2.15 bits per heavy atom. The molecule has 2 rings (SSSR count). The Hall–Kier alpha value is -1.72. The van der Waals surface area contributed by atoms with Crippen molar-refractivity contribution in [3.63, 3.8) is 0 Å². The smallest absolute Gasteiger partial charge is 0.307 e. The number of benzene rings is 1. The van der Waals surface area contributed by atoms with Crippen LogP contribution in [0.25, 0.3) is 0 Å². The van der Waals surface area contributed by atoms with Gasteiger partial charge in [0.2, 0.25) is 11.5 Å². The van der Waals surface area contributed by atoms with Crippen LogP contribution in [0.3, 0.4) is 0 Å². The number of carbonyl (C=O) groups is 1. The number of carbonyl (C=O) groups excluding carboxylic acids is 1. The molecule has 5 heteroatoms. The van der Waals surface area contributed by atoms with Crippen molar-refractivity contribution in [3.05, 3.63) is 40.6 Å². The Kier molecular flexibility index (Phi) is 3.23. The molecule has 0 amide bonds. The zero-order chi connectivity index (χ0) is 15.3. The predicted octanol–water partition coefficient (Wildman–Crippen LogP) is 2.08. The summed E-state index contributed by atoms with van der Waals surface area (Å²) in [4.78, 5) is 11.9. The van der Waals surface area contributed by atoms with E-state index in [0.717, 1.165) is 10.6 Å². The summed E-state index contributed by atoms with van der Waals surface area (Å²) in [6.45, 7) is 8.15. The minimum Gasteiger partial charge on any atom is -0.622 e. The van der Waals surface area contributed by atoms with Gasteiger partial charge in [0.05, 0.1) is 0 Å². The molecule has 1 N–H and O–H groups in total. The van der Waals surface area contributed by atoms with Crippen molar-refractivity contribution in [2.45, 2.75) is 45.8 Å². The quantitative estimate of drug-likeness (QED) is 0.663. The van der Waals surface area contributed by atoms with Crippen LogP contribution in [0.4, 0.5) is 0 Å². The van der Waals surface area contributed by atoms with Gasteiger partial charge < -0.3 is 10.4 Å². The van der Waals surface area contributed by atoms with Crippen LogP contribution >= 0.6 is 0 Å². The average Bonchev–Trinajstić information content (AvgIpc) is 2.51. The van der Waals surface area contributed by atoms with E-state index in [1.165, 1.54) is 13.8 Å². The number of ketones is 1. The number of hydrogen-bond donors (Lipinski definition) is 1. The van der Waals surface area contributed by atoms with Gasteiger partial charge in [0.1, 0.15) is 5.54 Å². The number of rotatable bonds is 2. The van der Waals surface area contributed by atoms with Crippen molar-refractivity contribution in [2.75, 3.05) is 0 Å². The van der Waals surface area contributed by atoms with Gasteiger partial charge in [0.15, 0.2) is 0 Å². The van der Waals surface area contributed by atoms with Crippen LogP contribution in [0.5, 0.6) is 0 Å². The molecule has 1 aliphatic rings. The van der Waals surface area contributed by atoms with Gasteiger partial charge in [-0.05, 0) is 32.9 Å². The fourth-order valence-electron chi connectivity index (χ4n) is 2.67. The topological polar surface area (TPSA) is 66.6 Å².